The van der Waals surface area contributed by atoms with Gasteiger partial charge in [-0.1, -0.05) is 19.1 Å². The lowest BCUT2D eigenvalue weighted by molar-refractivity contribution is 0.230. The lowest BCUT2D eigenvalue weighted by Gasteiger charge is -2.14. The first-order chi connectivity index (χ1) is 6.52. The summed E-state index contributed by atoms with van der Waals surface area (Å²) in [6, 6.07) is 5.17. The Balaban J connectivity index is 3.01. The topological polar surface area (TPSA) is 9.23 Å². The van der Waals surface area contributed by atoms with E-state index in [1.807, 2.05) is 20.8 Å². The molecule has 1 radical (unpaired) electrons. The van der Waals surface area contributed by atoms with E-state index in [0.717, 1.165) is 0 Å². The summed E-state index contributed by atoms with van der Waals surface area (Å²) in [6.07, 6.45) is -0.0140. The van der Waals surface area contributed by atoms with Gasteiger partial charge in [0.25, 0.3) is 0 Å². The van der Waals surface area contributed by atoms with Gasteiger partial charge in [-0.25, -0.2) is 4.39 Å². The van der Waals surface area contributed by atoms with Crippen LogP contribution in [-0.4, -0.2) is 6.10 Å². The number of rotatable bonds is 3. The molecule has 1 rings (SSSR count). The third kappa shape index (κ3) is 2.47. The van der Waals surface area contributed by atoms with Crippen molar-refractivity contribution in [1.82, 2.24) is 0 Å². The minimum atomic E-state index is -0.288. The van der Waals surface area contributed by atoms with Crippen LogP contribution in [-0.2, 0) is 0 Å². The SMILES string of the molecule is [CH2]C(C)c1cccc(OC(C)C)c1F. The molecule has 0 aliphatic heterocycles. The molecule has 1 atom stereocenters. The van der Waals surface area contributed by atoms with Crippen molar-refractivity contribution < 1.29 is 9.13 Å². The van der Waals surface area contributed by atoms with Gasteiger partial charge < -0.3 is 4.74 Å². The summed E-state index contributed by atoms with van der Waals surface area (Å²) in [5, 5.41) is 0. The third-order valence-corrected chi connectivity index (χ3v) is 1.89. The zero-order valence-corrected chi connectivity index (χ0v) is 8.88. The molecule has 1 unspecified atom stereocenters. The minimum absolute atomic E-state index is 0.0140. The molecule has 0 heterocycles. The number of hydrogen-bond acceptors (Lipinski definition) is 1. The van der Waals surface area contributed by atoms with Crippen LogP contribution in [0, 0.1) is 12.7 Å². The van der Waals surface area contributed by atoms with Gasteiger partial charge in [0.1, 0.15) is 0 Å². The molecule has 0 aliphatic rings. The maximum absolute atomic E-state index is 13.7. The van der Waals surface area contributed by atoms with Crippen LogP contribution >= 0.6 is 0 Å². The highest BCUT2D eigenvalue weighted by molar-refractivity contribution is 5.33. The molecule has 77 valence electrons. The first kappa shape index (κ1) is 11.0. The standard InChI is InChI=1S/C12H16FO/c1-8(2)10-6-5-7-11(12(10)13)14-9(3)4/h5-9H,1H2,2-4H3. The summed E-state index contributed by atoms with van der Waals surface area (Å²) < 4.78 is 19.1. The smallest absolute Gasteiger partial charge is 0.168 e. The van der Waals surface area contributed by atoms with Crippen LogP contribution in [0.5, 0.6) is 5.75 Å². The van der Waals surface area contributed by atoms with Crippen molar-refractivity contribution in [2.24, 2.45) is 0 Å². The van der Waals surface area contributed by atoms with Crippen molar-refractivity contribution in [3.63, 3.8) is 0 Å². The molecule has 1 aromatic carbocycles. The molecule has 0 fully saturated rings. The quantitative estimate of drug-likeness (QED) is 0.716. The Morgan fingerprint density at radius 2 is 1.93 bits per heavy atom. The lowest BCUT2D eigenvalue weighted by Crippen LogP contribution is -2.08. The van der Waals surface area contributed by atoms with Crippen LogP contribution < -0.4 is 4.74 Å². The van der Waals surface area contributed by atoms with Crippen molar-refractivity contribution in [2.75, 3.05) is 0 Å². The van der Waals surface area contributed by atoms with Crippen LogP contribution in [0.4, 0.5) is 4.39 Å². The largest absolute Gasteiger partial charge is 0.488 e. The third-order valence-electron chi connectivity index (χ3n) is 1.89. The molecule has 0 amide bonds. The molecule has 1 aromatic rings. The molecule has 0 saturated heterocycles. The van der Waals surface area contributed by atoms with Gasteiger partial charge in [-0.15, -0.1) is 0 Å². The van der Waals surface area contributed by atoms with Crippen LogP contribution in [0.15, 0.2) is 18.2 Å². The van der Waals surface area contributed by atoms with Gasteiger partial charge in [-0.2, -0.15) is 0 Å². The first-order valence-electron chi connectivity index (χ1n) is 4.80. The monoisotopic (exact) mass is 195 g/mol. The first-order valence-corrected chi connectivity index (χ1v) is 4.80. The second-order valence-electron chi connectivity index (χ2n) is 3.73. The maximum atomic E-state index is 13.7. The van der Waals surface area contributed by atoms with Crippen molar-refractivity contribution in [3.8, 4) is 5.75 Å². The average Bonchev–Trinajstić information content (AvgIpc) is 2.07. The Kier molecular flexibility index (Phi) is 3.50. The number of halogens is 1. The highest BCUT2D eigenvalue weighted by Crippen LogP contribution is 2.26. The van der Waals surface area contributed by atoms with E-state index in [4.69, 9.17) is 4.74 Å². The van der Waals surface area contributed by atoms with Crippen molar-refractivity contribution >= 4 is 0 Å². The summed E-state index contributed by atoms with van der Waals surface area (Å²) in [6.45, 7) is 9.40. The normalized spacial score (nSPS) is 11.1. The Morgan fingerprint density at radius 3 is 2.43 bits per heavy atom. The van der Waals surface area contributed by atoms with Gasteiger partial charge in [0.05, 0.1) is 6.10 Å². The van der Waals surface area contributed by atoms with Crippen molar-refractivity contribution in [2.45, 2.75) is 32.8 Å². The Bertz CT molecular complexity index is 305. The zero-order chi connectivity index (χ0) is 10.7. The van der Waals surface area contributed by atoms with E-state index in [1.54, 1.807) is 18.2 Å². The summed E-state index contributed by atoms with van der Waals surface area (Å²) in [4.78, 5) is 0. The summed E-state index contributed by atoms with van der Waals surface area (Å²) in [5.41, 5.74) is 0.600. The van der Waals surface area contributed by atoms with Crippen LogP contribution in [0.1, 0.15) is 32.3 Å². The summed E-state index contributed by atoms with van der Waals surface area (Å²) in [7, 11) is 0. The lowest BCUT2D eigenvalue weighted by atomic mass is 10.0. The van der Waals surface area contributed by atoms with E-state index in [2.05, 4.69) is 6.92 Å². The van der Waals surface area contributed by atoms with Crippen LogP contribution in [0.3, 0.4) is 0 Å². The molecule has 0 aliphatic carbocycles. The molecule has 0 aromatic heterocycles. The van der Waals surface area contributed by atoms with Gasteiger partial charge in [0, 0.05) is 0 Å². The average molecular weight is 195 g/mol. The molecule has 0 spiro atoms. The molecule has 0 N–H and O–H groups in total. The van der Waals surface area contributed by atoms with Gasteiger partial charge in [0.15, 0.2) is 11.6 Å². The number of ether oxygens (including phenoxy) is 1. The molecular formula is C12H16FO. The van der Waals surface area contributed by atoms with E-state index in [-0.39, 0.29) is 17.8 Å². The Morgan fingerprint density at radius 1 is 1.29 bits per heavy atom. The Hall–Kier alpha value is -1.05. The van der Waals surface area contributed by atoms with E-state index < -0.39 is 0 Å². The summed E-state index contributed by atoms with van der Waals surface area (Å²) in [5.74, 6) is -0.0394. The predicted molar refractivity (Wildman–Crippen MR) is 55.9 cm³/mol. The molecule has 0 saturated carbocycles. The zero-order valence-electron chi connectivity index (χ0n) is 8.88. The molecule has 0 bridgehead atoms. The number of hydrogen-bond donors (Lipinski definition) is 0. The second kappa shape index (κ2) is 4.45. The van der Waals surface area contributed by atoms with Gasteiger partial charge in [-0.3, -0.25) is 0 Å². The highest BCUT2D eigenvalue weighted by atomic mass is 19.1. The fourth-order valence-electron chi connectivity index (χ4n) is 1.25. The van der Waals surface area contributed by atoms with Gasteiger partial charge >= 0.3 is 0 Å². The van der Waals surface area contributed by atoms with Gasteiger partial charge in [0.2, 0.25) is 0 Å². The molecule has 1 nitrogen and oxygen atoms in total. The van der Waals surface area contributed by atoms with E-state index in [1.165, 1.54) is 0 Å². The van der Waals surface area contributed by atoms with Gasteiger partial charge in [-0.05, 0) is 38.3 Å². The van der Waals surface area contributed by atoms with Crippen molar-refractivity contribution in [1.29, 1.82) is 0 Å². The molecule has 14 heavy (non-hydrogen) atoms. The maximum Gasteiger partial charge on any atom is 0.168 e. The van der Waals surface area contributed by atoms with Crippen LogP contribution in [0.25, 0.3) is 0 Å². The van der Waals surface area contributed by atoms with E-state index in [0.29, 0.717) is 11.3 Å². The van der Waals surface area contributed by atoms with E-state index in [9.17, 15) is 4.39 Å². The second-order valence-corrected chi connectivity index (χ2v) is 3.73. The van der Waals surface area contributed by atoms with Crippen molar-refractivity contribution in [3.05, 3.63) is 36.5 Å². The Labute approximate surface area is 84.9 Å². The number of benzene rings is 1. The molecular weight excluding hydrogens is 179 g/mol. The fraction of sp³-hybridized carbons (Fsp3) is 0.417. The fourth-order valence-corrected chi connectivity index (χ4v) is 1.25. The summed E-state index contributed by atoms with van der Waals surface area (Å²) >= 11 is 0. The predicted octanol–water partition coefficient (Wildman–Crippen LogP) is 3.55. The molecule has 2 heteroatoms. The van der Waals surface area contributed by atoms with Crippen LogP contribution in [0.2, 0.25) is 0 Å². The minimum Gasteiger partial charge on any atom is -0.488 e. The van der Waals surface area contributed by atoms with E-state index >= 15 is 0 Å². The highest BCUT2D eigenvalue weighted by Gasteiger charge is 2.12.